The van der Waals surface area contributed by atoms with E-state index in [1.807, 2.05) is 36.4 Å². The van der Waals surface area contributed by atoms with Crippen LogP contribution in [0, 0.1) is 11.8 Å². The first kappa shape index (κ1) is 24.1. The van der Waals surface area contributed by atoms with E-state index in [1.165, 1.54) is 0 Å². The minimum atomic E-state index is -0.588. The highest BCUT2D eigenvalue weighted by Gasteiger charge is 2.44. The maximum atomic E-state index is 13.7. The summed E-state index contributed by atoms with van der Waals surface area (Å²) < 4.78 is 0. The molecule has 8 nitrogen and oxygen atoms in total. The van der Waals surface area contributed by atoms with E-state index >= 15 is 0 Å². The summed E-state index contributed by atoms with van der Waals surface area (Å²) in [4.78, 5) is 43.7. The van der Waals surface area contributed by atoms with E-state index in [2.05, 4.69) is 10.3 Å². The number of primary amides is 1. The van der Waals surface area contributed by atoms with E-state index in [9.17, 15) is 14.4 Å². The molecule has 2 aliphatic rings. The second-order valence-corrected chi connectivity index (χ2v) is 10.1. The highest BCUT2D eigenvalue weighted by molar-refractivity contribution is 6.01. The molecule has 1 aliphatic heterocycles. The van der Waals surface area contributed by atoms with Crippen LogP contribution < -0.4 is 16.8 Å². The Hall–Kier alpha value is -3.65. The van der Waals surface area contributed by atoms with Crippen molar-refractivity contribution in [3.8, 4) is 0 Å². The van der Waals surface area contributed by atoms with E-state index in [0.29, 0.717) is 30.4 Å². The number of aromatic amines is 1. The molecule has 1 saturated heterocycles. The topological polar surface area (TPSA) is 134 Å². The van der Waals surface area contributed by atoms with Crippen molar-refractivity contribution in [1.29, 1.82) is 0 Å². The molecule has 188 valence electrons. The van der Waals surface area contributed by atoms with Gasteiger partial charge in [-0.15, -0.1) is 0 Å². The van der Waals surface area contributed by atoms with Crippen molar-refractivity contribution in [3.05, 3.63) is 65.9 Å². The summed E-state index contributed by atoms with van der Waals surface area (Å²) in [6, 6.07) is 16.4. The Balaban J connectivity index is 1.39. The number of carbonyl (C=O) groups excluding carboxylic acids is 3. The first-order valence-electron chi connectivity index (χ1n) is 12.7. The molecule has 36 heavy (non-hydrogen) atoms. The van der Waals surface area contributed by atoms with Crippen molar-refractivity contribution in [1.82, 2.24) is 9.88 Å². The summed E-state index contributed by atoms with van der Waals surface area (Å²) in [6.07, 6.45) is 4.32. The molecule has 6 N–H and O–H groups in total. The van der Waals surface area contributed by atoms with Crippen LogP contribution in [0.1, 0.15) is 54.1 Å². The summed E-state index contributed by atoms with van der Waals surface area (Å²) in [6.45, 7) is 1.23. The van der Waals surface area contributed by atoms with Gasteiger partial charge in [0.1, 0.15) is 11.7 Å². The number of carbonyl (C=O) groups is 3. The number of aromatic nitrogens is 1. The van der Waals surface area contributed by atoms with Crippen LogP contribution in [0.4, 0.5) is 5.69 Å². The highest BCUT2D eigenvalue weighted by atomic mass is 16.2. The number of fused-ring (bicyclic) bond motifs is 1. The van der Waals surface area contributed by atoms with Gasteiger partial charge in [0.15, 0.2) is 0 Å². The van der Waals surface area contributed by atoms with Crippen LogP contribution in [0.25, 0.3) is 10.9 Å². The number of H-pyrrole nitrogens is 1. The fraction of sp³-hybridized carbons (Fsp3) is 0.393. The lowest BCUT2D eigenvalue weighted by Crippen LogP contribution is -2.48. The van der Waals surface area contributed by atoms with E-state index in [1.54, 1.807) is 23.1 Å². The lowest BCUT2D eigenvalue weighted by molar-refractivity contribution is -0.141. The number of hydrogen-bond acceptors (Lipinski definition) is 4. The van der Waals surface area contributed by atoms with Crippen LogP contribution in [-0.4, -0.2) is 46.7 Å². The highest BCUT2D eigenvalue weighted by Crippen LogP contribution is 2.38. The van der Waals surface area contributed by atoms with E-state index in [-0.39, 0.29) is 23.7 Å². The van der Waals surface area contributed by atoms with Gasteiger partial charge in [-0.3, -0.25) is 14.4 Å². The van der Waals surface area contributed by atoms with Crippen molar-refractivity contribution >= 4 is 34.3 Å². The normalized spacial score (nSPS) is 24.1. The third kappa shape index (κ3) is 4.73. The Morgan fingerprint density at radius 1 is 0.972 bits per heavy atom. The van der Waals surface area contributed by atoms with Crippen LogP contribution in [-0.2, 0) is 9.59 Å². The number of nitrogens with one attached hydrogen (secondary N) is 2. The third-order valence-electron chi connectivity index (χ3n) is 7.86. The van der Waals surface area contributed by atoms with Crippen molar-refractivity contribution < 1.29 is 14.4 Å². The Morgan fingerprint density at radius 3 is 2.42 bits per heavy atom. The van der Waals surface area contributed by atoms with E-state index in [4.69, 9.17) is 11.5 Å². The number of rotatable bonds is 6. The molecule has 1 aromatic heterocycles. The molecule has 3 amide bonds. The smallest absolute Gasteiger partial charge is 0.265 e. The molecule has 1 aliphatic carbocycles. The average Bonchev–Trinajstić information content (AvgIpc) is 3.54. The SMILES string of the molecule is NCC1CCC(C(=O)N2CCC(c3ccccc3)[C@H]2C(=O)Nc2ccc3[nH]c(C(N)=O)cc3c2)CC1. The van der Waals surface area contributed by atoms with Gasteiger partial charge in [-0.05, 0) is 74.4 Å². The molecule has 0 bridgehead atoms. The molecule has 0 radical (unpaired) electrons. The predicted molar refractivity (Wildman–Crippen MR) is 139 cm³/mol. The number of amides is 3. The Bertz CT molecular complexity index is 1260. The van der Waals surface area contributed by atoms with Gasteiger partial charge in [-0.25, -0.2) is 0 Å². The number of nitrogens with zero attached hydrogens (tertiary/aromatic N) is 1. The summed E-state index contributed by atoms with van der Waals surface area (Å²) in [7, 11) is 0. The van der Waals surface area contributed by atoms with Crippen LogP contribution in [0.5, 0.6) is 0 Å². The lowest BCUT2D eigenvalue weighted by Gasteiger charge is -2.33. The zero-order valence-electron chi connectivity index (χ0n) is 20.3. The molecule has 8 heteroatoms. The average molecular weight is 488 g/mol. The number of benzene rings is 2. The van der Waals surface area contributed by atoms with Gasteiger partial charge in [0.25, 0.3) is 5.91 Å². The number of hydrogen-bond donors (Lipinski definition) is 4. The Kier molecular flexibility index (Phi) is 6.78. The molecule has 1 unspecified atom stereocenters. The van der Waals surface area contributed by atoms with Crippen LogP contribution in [0.15, 0.2) is 54.6 Å². The maximum Gasteiger partial charge on any atom is 0.265 e. The first-order valence-corrected chi connectivity index (χ1v) is 12.7. The molecule has 2 fully saturated rings. The fourth-order valence-electron chi connectivity index (χ4n) is 5.85. The fourth-order valence-corrected chi connectivity index (χ4v) is 5.85. The Morgan fingerprint density at radius 2 is 1.72 bits per heavy atom. The van der Waals surface area contributed by atoms with Crippen molar-refractivity contribution in [2.45, 2.75) is 44.1 Å². The molecule has 5 rings (SSSR count). The molecule has 0 spiro atoms. The van der Waals surface area contributed by atoms with Gasteiger partial charge in [0.05, 0.1) is 0 Å². The van der Waals surface area contributed by atoms with E-state index < -0.39 is 11.9 Å². The summed E-state index contributed by atoms with van der Waals surface area (Å²) >= 11 is 0. The molecule has 2 atom stereocenters. The summed E-state index contributed by atoms with van der Waals surface area (Å²) in [5.74, 6) is -0.300. The molecule has 2 aromatic carbocycles. The van der Waals surface area contributed by atoms with Gasteiger partial charge in [-0.1, -0.05) is 30.3 Å². The largest absolute Gasteiger partial charge is 0.364 e. The number of nitrogens with two attached hydrogens (primary N) is 2. The first-order chi connectivity index (χ1) is 17.4. The Labute approximate surface area is 210 Å². The minimum absolute atomic E-state index is 0.0546. The maximum absolute atomic E-state index is 13.7. The van der Waals surface area contributed by atoms with Crippen molar-refractivity contribution in [3.63, 3.8) is 0 Å². The molecular weight excluding hydrogens is 454 g/mol. The number of anilines is 1. The molecule has 3 aromatic rings. The lowest BCUT2D eigenvalue weighted by atomic mass is 9.81. The standard InChI is InChI=1S/C28H33N5O3/c29-16-17-6-8-19(9-7-17)28(36)33-13-12-22(18-4-2-1-3-5-18)25(33)27(35)31-21-10-11-23-20(14-21)15-24(32-23)26(30)34/h1-5,10-11,14-15,17,19,22,25,32H,6-9,12-13,16,29H2,(H2,30,34)(H,31,35)/t17?,19?,22?,25-/m0/s1. The number of likely N-dealkylation sites (tertiary alicyclic amines) is 1. The zero-order chi connectivity index (χ0) is 25.2. The summed E-state index contributed by atoms with van der Waals surface area (Å²) in [5.41, 5.74) is 14.0. The van der Waals surface area contributed by atoms with Crippen molar-refractivity contribution in [2.75, 3.05) is 18.4 Å². The minimum Gasteiger partial charge on any atom is -0.364 e. The molecule has 1 saturated carbocycles. The van der Waals surface area contributed by atoms with Gasteiger partial charge in [0.2, 0.25) is 11.8 Å². The van der Waals surface area contributed by atoms with Gasteiger partial charge in [-0.2, -0.15) is 0 Å². The second kappa shape index (κ2) is 10.1. The van der Waals surface area contributed by atoms with Crippen LogP contribution >= 0.6 is 0 Å². The molecular formula is C28H33N5O3. The van der Waals surface area contributed by atoms with E-state index in [0.717, 1.165) is 48.6 Å². The monoisotopic (exact) mass is 487 g/mol. The third-order valence-corrected chi connectivity index (χ3v) is 7.86. The predicted octanol–water partition coefficient (Wildman–Crippen LogP) is 3.36. The van der Waals surface area contributed by atoms with Gasteiger partial charge >= 0.3 is 0 Å². The van der Waals surface area contributed by atoms with Crippen molar-refractivity contribution in [2.24, 2.45) is 23.3 Å². The second-order valence-electron chi connectivity index (χ2n) is 10.1. The zero-order valence-corrected chi connectivity index (χ0v) is 20.3. The summed E-state index contributed by atoms with van der Waals surface area (Å²) in [5, 5.41) is 3.81. The quantitative estimate of drug-likeness (QED) is 0.424. The van der Waals surface area contributed by atoms with Gasteiger partial charge in [0, 0.05) is 35.0 Å². The van der Waals surface area contributed by atoms with Gasteiger partial charge < -0.3 is 26.7 Å². The van der Waals surface area contributed by atoms with Crippen LogP contribution in [0.3, 0.4) is 0 Å². The molecule has 2 heterocycles. The van der Waals surface area contributed by atoms with Crippen LogP contribution in [0.2, 0.25) is 0 Å².